The molecule has 1 aromatic carbocycles. The SMILES string of the molecule is C=C(C)C(=O)ON=[N+]=[N-].Cc1ccccc1. The summed E-state index contributed by atoms with van der Waals surface area (Å²) >= 11 is 0. The van der Waals surface area contributed by atoms with Gasteiger partial charge in [-0.05, 0) is 19.4 Å². The molecule has 1 aromatic rings. The minimum Gasteiger partial charge on any atom is -0.355 e. The maximum atomic E-state index is 10.3. The lowest BCUT2D eigenvalue weighted by molar-refractivity contribution is -0.139. The van der Waals surface area contributed by atoms with Gasteiger partial charge in [0, 0.05) is 10.5 Å². The monoisotopic (exact) mass is 219 g/mol. The third-order valence-corrected chi connectivity index (χ3v) is 1.45. The van der Waals surface area contributed by atoms with Crippen molar-refractivity contribution in [1.29, 1.82) is 0 Å². The first-order chi connectivity index (χ1) is 7.57. The minimum atomic E-state index is -0.715. The van der Waals surface area contributed by atoms with Crippen molar-refractivity contribution in [2.45, 2.75) is 13.8 Å². The van der Waals surface area contributed by atoms with Crippen molar-refractivity contribution in [3.05, 3.63) is 58.5 Å². The second kappa shape index (κ2) is 8.08. The van der Waals surface area contributed by atoms with Crippen LogP contribution in [0.4, 0.5) is 0 Å². The maximum Gasteiger partial charge on any atom is 0.344 e. The molecule has 1 rings (SSSR count). The Morgan fingerprint density at radius 3 is 2.31 bits per heavy atom. The third kappa shape index (κ3) is 7.17. The smallest absolute Gasteiger partial charge is 0.344 e. The van der Waals surface area contributed by atoms with Crippen LogP contribution >= 0.6 is 0 Å². The summed E-state index contributed by atoms with van der Waals surface area (Å²) in [6, 6.07) is 10.3. The van der Waals surface area contributed by atoms with Crippen molar-refractivity contribution >= 4 is 5.97 Å². The van der Waals surface area contributed by atoms with Crippen LogP contribution in [0, 0.1) is 6.92 Å². The number of nitrogens with zero attached hydrogens (tertiary/aromatic N) is 3. The number of aryl methyl sites for hydroxylation is 1. The predicted octanol–water partition coefficient (Wildman–Crippen LogP) is 3.33. The summed E-state index contributed by atoms with van der Waals surface area (Å²) in [5, 5.41) is 2.56. The van der Waals surface area contributed by atoms with Crippen LogP contribution in [0.5, 0.6) is 0 Å². The topological polar surface area (TPSA) is 75.1 Å². The average molecular weight is 219 g/mol. The number of carbonyl (C=O) groups excluding carboxylic acids is 1. The van der Waals surface area contributed by atoms with Gasteiger partial charge in [-0.25, -0.2) is 4.79 Å². The van der Waals surface area contributed by atoms with E-state index in [-0.39, 0.29) is 5.57 Å². The van der Waals surface area contributed by atoms with Gasteiger partial charge in [-0.1, -0.05) is 42.5 Å². The largest absolute Gasteiger partial charge is 0.355 e. The molecule has 5 heteroatoms. The number of hydrogen-bond donors (Lipinski definition) is 0. The Bertz CT molecular complexity index is 395. The first-order valence-electron chi connectivity index (χ1n) is 4.51. The fourth-order valence-electron chi connectivity index (χ4n) is 0.668. The van der Waals surface area contributed by atoms with Crippen molar-refractivity contribution in [3.63, 3.8) is 0 Å². The number of rotatable bonds is 2. The zero-order valence-corrected chi connectivity index (χ0v) is 9.25. The Kier molecular flexibility index (Phi) is 6.94. The van der Waals surface area contributed by atoms with Crippen molar-refractivity contribution < 1.29 is 9.63 Å². The summed E-state index contributed by atoms with van der Waals surface area (Å²) in [6.45, 7) is 6.79. The molecule has 0 aromatic heterocycles. The Balaban J connectivity index is 0.000000288. The zero-order chi connectivity index (χ0) is 12.4. The van der Waals surface area contributed by atoms with E-state index in [4.69, 9.17) is 5.53 Å². The van der Waals surface area contributed by atoms with Crippen LogP contribution in [-0.2, 0) is 9.63 Å². The Hall–Kier alpha value is -2.26. The van der Waals surface area contributed by atoms with Crippen LogP contribution in [0.2, 0.25) is 0 Å². The van der Waals surface area contributed by atoms with Crippen molar-refractivity contribution in [3.8, 4) is 0 Å². The predicted molar refractivity (Wildman–Crippen MR) is 61.2 cm³/mol. The molecule has 0 aliphatic rings. The highest BCUT2D eigenvalue weighted by Crippen LogP contribution is 1.92. The van der Waals surface area contributed by atoms with Crippen LogP contribution in [0.25, 0.3) is 10.4 Å². The Morgan fingerprint density at radius 1 is 1.44 bits per heavy atom. The van der Waals surface area contributed by atoms with E-state index in [1.807, 2.05) is 18.2 Å². The molecule has 0 aliphatic heterocycles. The van der Waals surface area contributed by atoms with E-state index in [9.17, 15) is 4.79 Å². The molecule has 0 saturated carbocycles. The fraction of sp³-hybridized carbons (Fsp3) is 0.182. The summed E-state index contributed by atoms with van der Waals surface area (Å²) in [5.74, 6) is -0.715. The van der Waals surface area contributed by atoms with Gasteiger partial charge in [-0.15, -0.1) is 0 Å². The highest BCUT2D eigenvalue weighted by atomic mass is 16.7. The number of hydrogen-bond acceptors (Lipinski definition) is 3. The van der Waals surface area contributed by atoms with Gasteiger partial charge in [-0.2, -0.15) is 0 Å². The first kappa shape index (κ1) is 13.7. The van der Waals surface area contributed by atoms with Crippen LogP contribution in [0.3, 0.4) is 0 Å². The normalized spacial score (nSPS) is 7.88. The molecule has 0 spiro atoms. The molecule has 0 aliphatic carbocycles. The van der Waals surface area contributed by atoms with E-state index in [2.05, 4.69) is 40.7 Å². The van der Waals surface area contributed by atoms with Crippen LogP contribution in [-0.4, -0.2) is 5.97 Å². The summed E-state index contributed by atoms with van der Waals surface area (Å²) in [5.41, 5.74) is 9.17. The summed E-state index contributed by atoms with van der Waals surface area (Å²) < 4.78 is 0. The molecular formula is C11H13N3O2. The van der Waals surface area contributed by atoms with Gasteiger partial charge in [0.1, 0.15) is 5.28 Å². The summed E-state index contributed by atoms with van der Waals surface area (Å²) in [7, 11) is 0. The van der Waals surface area contributed by atoms with Crippen LogP contribution in [0.15, 0.2) is 47.8 Å². The van der Waals surface area contributed by atoms with Gasteiger partial charge in [0.05, 0.1) is 0 Å². The number of benzene rings is 1. The van der Waals surface area contributed by atoms with Crippen LogP contribution < -0.4 is 0 Å². The van der Waals surface area contributed by atoms with Gasteiger partial charge in [0.2, 0.25) is 0 Å². The molecule has 0 atom stereocenters. The van der Waals surface area contributed by atoms with Crippen molar-refractivity contribution in [2.24, 2.45) is 5.28 Å². The molecule has 5 nitrogen and oxygen atoms in total. The molecule has 0 heterocycles. The Labute approximate surface area is 93.9 Å². The highest BCUT2D eigenvalue weighted by Gasteiger charge is 1.98. The van der Waals surface area contributed by atoms with E-state index in [1.54, 1.807) is 0 Å². The summed E-state index contributed by atoms with van der Waals surface area (Å²) in [4.78, 5) is 16.4. The van der Waals surface area contributed by atoms with E-state index < -0.39 is 5.97 Å². The molecule has 0 saturated heterocycles. The third-order valence-electron chi connectivity index (χ3n) is 1.45. The number of carbonyl (C=O) groups is 1. The number of azide groups is 1. The maximum absolute atomic E-state index is 10.3. The van der Waals surface area contributed by atoms with Gasteiger partial charge in [0.15, 0.2) is 0 Å². The van der Waals surface area contributed by atoms with E-state index in [1.165, 1.54) is 12.5 Å². The van der Waals surface area contributed by atoms with E-state index in [0.29, 0.717) is 0 Å². The quantitative estimate of drug-likeness (QED) is 0.251. The molecule has 0 amide bonds. The van der Waals surface area contributed by atoms with E-state index in [0.717, 1.165) is 0 Å². The molecule has 84 valence electrons. The second-order valence-electron chi connectivity index (χ2n) is 2.98. The molecule has 0 radical (unpaired) electrons. The second-order valence-corrected chi connectivity index (χ2v) is 2.98. The minimum absolute atomic E-state index is 0.197. The van der Waals surface area contributed by atoms with E-state index >= 15 is 0 Å². The van der Waals surface area contributed by atoms with Crippen molar-refractivity contribution in [2.75, 3.05) is 0 Å². The Morgan fingerprint density at radius 2 is 2.00 bits per heavy atom. The molecule has 16 heavy (non-hydrogen) atoms. The van der Waals surface area contributed by atoms with Gasteiger partial charge < -0.3 is 4.84 Å². The van der Waals surface area contributed by atoms with Crippen molar-refractivity contribution in [1.82, 2.24) is 0 Å². The lowest BCUT2D eigenvalue weighted by Crippen LogP contribution is -1.98. The molecule has 0 fully saturated rings. The average Bonchev–Trinajstić information content (AvgIpc) is 2.27. The van der Waals surface area contributed by atoms with Gasteiger partial charge in [-0.3, -0.25) is 0 Å². The first-order valence-corrected chi connectivity index (χ1v) is 4.51. The van der Waals surface area contributed by atoms with Gasteiger partial charge >= 0.3 is 5.97 Å². The molecule has 0 bridgehead atoms. The lowest BCUT2D eigenvalue weighted by atomic mass is 10.2. The molecular weight excluding hydrogens is 206 g/mol. The highest BCUT2D eigenvalue weighted by molar-refractivity contribution is 5.86. The molecule has 0 unspecified atom stereocenters. The van der Waals surface area contributed by atoms with Crippen LogP contribution in [0.1, 0.15) is 12.5 Å². The lowest BCUT2D eigenvalue weighted by Gasteiger charge is -1.90. The summed E-state index contributed by atoms with van der Waals surface area (Å²) in [6.07, 6.45) is 0. The zero-order valence-electron chi connectivity index (χ0n) is 9.25. The standard InChI is InChI=1S/C7H8.C4H5N3O2/c1-7-5-3-2-4-6-7;1-3(2)4(8)9-7-6-5/h2-6H,1H3;1H2,2H3. The molecule has 0 N–H and O–H groups in total. The fourth-order valence-corrected chi connectivity index (χ4v) is 0.668. The van der Waals surface area contributed by atoms with Gasteiger partial charge in [0.25, 0.3) is 0 Å².